The van der Waals surface area contributed by atoms with Crippen molar-refractivity contribution in [2.45, 2.75) is 52.0 Å². The van der Waals surface area contributed by atoms with Gasteiger partial charge in [-0.05, 0) is 124 Å². The Kier molecular flexibility index (Phi) is 8.01. The summed E-state index contributed by atoms with van der Waals surface area (Å²) in [6.45, 7) is 9.40. The van der Waals surface area contributed by atoms with E-state index in [2.05, 4.69) is 179 Å². The summed E-state index contributed by atoms with van der Waals surface area (Å²) in [4.78, 5) is 5.47. The maximum atomic E-state index is 5.47. The van der Waals surface area contributed by atoms with Crippen LogP contribution in [0.25, 0.3) is 33.4 Å². The Balaban J connectivity index is 1.13. The van der Waals surface area contributed by atoms with E-state index in [0.29, 0.717) is 11.8 Å². The molecule has 51 heavy (non-hydrogen) atoms. The SMILES string of the molecule is CC1=NC(C2CCC=CC2C)c2ccc(-c3ccc4c(c3)C(C)(C)c3cc(P(c5ccccc5)c5ccccc5)ccc3-4)cc2-c2ccccc21. The summed E-state index contributed by atoms with van der Waals surface area (Å²) < 4.78 is 0. The number of benzene rings is 6. The highest BCUT2D eigenvalue weighted by Gasteiger charge is 2.37. The van der Waals surface area contributed by atoms with Gasteiger partial charge >= 0.3 is 0 Å². The third-order valence-electron chi connectivity index (χ3n) is 11.8. The molecule has 6 aromatic carbocycles. The number of hydrogen-bond acceptors (Lipinski definition) is 1. The maximum absolute atomic E-state index is 5.47. The molecular formula is C49H44NP. The molecule has 9 rings (SSSR count). The molecule has 3 aliphatic rings. The van der Waals surface area contributed by atoms with Gasteiger partial charge in [0.1, 0.15) is 0 Å². The summed E-state index contributed by atoms with van der Waals surface area (Å²) >= 11 is 0. The van der Waals surface area contributed by atoms with Crippen LogP contribution in [-0.4, -0.2) is 5.71 Å². The molecular weight excluding hydrogens is 634 g/mol. The summed E-state index contributed by atoms with van der Waals surface area (Å²) in [6, 6.07) is 52.8. The summed E-state index contributed by atoms with van der Waals surface area (Å²) in [5, 5.41) is 4.18. The average molecular weight is 678 g/mol. The summed E-state index contributed by atoms with van der Waals surface area (Å²) in [7, 11) is -0.669. The van der Waals surface area contributed by atoms with Gasteiger partial charge in [0, 0.05) is 16.7 Å². The molecule has 0 N–H and O–H groups in total. The first kappa shape index (κ1) is 32.1. The van der Waals surface area contributed by atoms with Gasteiger partial charge in [-0.1, -0.05) is 154 Å². The second-order valence-electron chi connectivity index (χ2n) is 15.2. The van der Waals surface area contributed by atoms with Crippen molar-refractivity contribution in [1.29, 1.82) is 0 Å². The van der Waals surface area contributed by atoms with E-state index in [9.17, 15) is 0 Å². The van der Waals surface area contributed by atoms with Crippen molar-refractivity contribution in [3.8, 4) is 33.4 Å². The van der Waals surface area contributed by atoms with Crippen LogP contribution >= 0.6 is 7.92 Å². The standard InChI is InChI=1S/C49H44NP/c1-32-15-11-12-20-39(32)48-44-27-24-34(29-45(44)41-22-14-13-21-40(41)33(2)50-48)35-23-26-42-43-28-25-38(31-47(43)49(3,4)46(42)30-35)51(36-16-7-5-8-17-36)37-18-9-6-10-19-37/h5-11,13-19,21-32,39,48H,12,20H2,1-4H3. The summed E-state index contributed by atoms with van der Waals surface area (Å²) in [6.07, 6.45) is 7.07. The van der Waals surface area contributed by atoms with Crippen molar-refractivity contribution in [2.24, 2.45) is 16.8 Å². The van der Waals surface area contributed by atoms with E-state index in [1.165, 1.54) is 78.0 Å². The predicted octanol–water partition coefficient (Wildman–Crippen LogP) is 11.6. The van der Waals surface area contributed by atoms with Gasteiger partial charge in [0.2, 0.25) is 0 Å². The fraction of sp³-hybridized carbons (Fsp3) is 0.204. The average Bonchev–Trinajstić information content (AvgIpc) is 3.31. The van der Waals surface area contributed by atoms with Crippen LogP contribution in [0.15, 0.2) is 157 Å². The van der Waals surface area contributed by atoms with Gasteiger partial charge in [0.15, 0.2) is 0 Å². The summed E-state index contributed by atoms with van der Waals surface area (Å²) in [5.41, 5.74) is 14.4. The molecule has 0 spiro atoms. The van der Waals surface area contributed by atoms with Gasteiger partial charge in [-0.2, -0.15) is 0 Å². The minimum atomic E-state index is -0.669. The van der Waals surface area contributed by atoms with Crippen molar-refractivity contribution in [2.75, 3.05) is 0 Å². The number of rotatable bonds is 5. The van der Waals surface area contributed by atoms with Crippen LogP contribution in [0.4, 0.5) is 0 Å². The first-order valence-corrected chi connectivity index (χ1v) is 19.9. The fourth-order valence-corrected chi connectivity index (χ4v) is 11.3. The Labute approximate surface area is 304 Å². The van der Waals surface area contributed by atoms with E-state index < -0.39 is 7.92 Å². The second kappa shape index (κ2) is 12.7. The molecule has 3 atom stereocenters. The lowest BCUT2D eigenvalue weighted by molar-refractivity contribution is 0.319. The van der Waals surface area contributed by atoms with Crippen molar-refractivity contribution in [1.82, 2.24) is 0 Å². The van der Waals surface area contributed by atoms with Crippen LogP contribution in [0, 0.1) is 11.8 Å². The third-order valence-corrected chi connectivity index (χ3v) is 14.2. The Morgan fingerprint density at radius 3 is 1.90 bits per heavy atom. The first-order valence-electron chi connectivity index (χ1n) is 18.5. The number of hydrogen-bond donors (Lipinski definition) is 0. The highest BCUT2D eigenvalue weighted by Crippen LogP contribution is 2.51. The topological polar surface area (TPSA) is 12.4 Å². The van der Waals surface area contributed by atoms with Crippen molar-refractivity contribution >= 4 is 29.5 Å². The summed E-state index contributed by atoms with van der Waals surface area (Å²) in [5.74, 6) is 1.00. The predicted molar refractivity (Wildman–Crippen MR) is 220 cm³/mol. The van der Waals surface area contributed by atoms with Crippen molar-refractivity contribution in [3.05, 3.63) is 174 Å². The highest BCUT2D eigenvalue weighted by atomic mass is 31.1. The van der Waals surface area contributed by atoms with E-state index in [4.69, 9.17) is 4.99 Å². The maximum Gasteiger partial charge on any atom is 0.0792 e. The number of nitrogens with zero attached hydrogens (tertiary/aromatic N) is 1. The molecule has 0 bridgehead atoms. The van der Waals surface area contributed by atoms with E-state index in [1.807, 2.05) is 0 Å². The van der Waals surface area contributed by atoms with Crippen LogP contribution in [0.1, 0.15) is 68.8 Å². The van der Waals surface area contributed by atoms with E-state index in [-0.39, 0.29) is 11.5 Å². The zero-order valence-electron chi connectivity index (χ0n) is 30.0. The van der Waals surface area contributed by atoms with Gasteiger partial charge in [-0.25, -0.2) is 0 Å². The Bertz CT molecular complexity index is 2290. The van der Waals surface area contributed by atoms with Gasteiger partial charge in [0.25, 0.3) is 0 Å². The quantitative estimate of drug-likeness (QED) is 0.127. The molecule has 250 valence electrons. The van der Waals surface area contributed by atoms with E-state index in [1.54, 1.807) is 0 Å². The third kappa shape index (κ3) is 5.46. The molecule has 6 aromatic rings. The number of aliphatic imine (C=N–C) groups is 1. The smallest absolute Gasteiger partial charge is 0.0792 e. The van der Waals surface area contributed by atoms with Gasteiger partial charge in [0.05, 0.1) is 6.04 Å². The fourth-order valence-electron chi connectivity index (χ4n) is 9.03. The molecule has 2 heteroatoms. The van der Waals surface area contributed by atoms with Crippen LogP contribution in [0.3, 0.4) is 0 Å². The molecule has 1 nitrogen and oxygen atoms in total. The van der Waals surface area contributed by atoms with E-state index in [0.717, 1.165) is 12.1 Å². The van der Waals surface area contributed by atoms with Crippen molar-refractivity contribution in [3.63, 3.8) is 0 Å². The number of allylic oxidation sites excluding steroid dienone is 2. The molecule has 0 radical (unpaired) electrons. The second-order valence-corrected chi connectivity index (χ2v) is 17.4. The van der Waals surface area contributed by atoms with Crippen LogP contribution in [-0.2, 0) is 5.41 Å². The molecule has 1 aliphatic heterocycles. The highest BCUT2D eigenvalue weighted by molar-refractivity contribution is 7.79. The molecule has 0 fully saturated rings. The molecule has 3 unspecified atom stereocenters. The van der Waals surface area contributed by atoms with Gasteiger partial charge < -0.3 is 0 Å². The molecule has 0 saturated carbocycles. The lowest BCUT2D eigenvalue weighted by Crippen LogP contribution is -2.23. The van der Waals surface area contributed by atoms with Gasteiger partial charge in [-0.15, -0.1) is 0 Å². The van der Waals surface area contributed by atoms with Gasteiger partial charge in [-0.3, -0.25) is 4.99 Å². The molecule has 0 aromatic heterocycles. The molecule has 0 saturated heterocycles. The lowest BCUT2D eigenvalue weighted by atomic mass is 9.76. The normalized spacial score (nSPS) is 19.8. The largest absolute Gasteiger partial charge is 0.281 e. The van der Waals surface area contributed by atoms with Crippen LogP contribution < -0.4 is 15.9 Å². The van der Waals surface area contributed by atoms with Crippen LogP contribution in [0.5, 0.6) is 0 Å². The minimum absolute atomic E-state index is 0.121. The Morgan fingerprint density at radius 2 is 1.20 bits per heavy atom. The molecule has 0 amide bonds. The van der Waals surface area contributed by atoms with Crippen LogP contribution in [0.2, 0.25) is 0 Å². The monoisotopic (exact) mass is 677 g/mol. The Hall–Kier alpha value is -4.84. The zero-order valence-corrected chi connectivity index (χ0v) is 30.9. The lowest BCUT2D eigenvalue weighted by Gasteiger charge is -2.31. The minimum Gasteiger partial charge on any atom is -0.281 e. The zero-order chi connectivity index (χ0) is 34.7. The molecule has 2 aliphatic carbocycles. The Morgan fingerprint density at radius 1 is 0.588 bits per heavy atom. The first-order chi connectivity index (χ1) is 24.9. The number of fused-ring (bicyclic) bond motifs is 6. The molecule has 1 heterocycles. The van der Waals surface area contributed by atoms with Crippen molar-refractivity contribution < 1.29 is 0 Å². The van der Waals surface area contributed by atoms with E-state index >= 15 is 0 Å².